The molecule has 1 aromatic heterocycles. The minimum absolute atomic E-state index is 0.253. The molecule has 2 heterocycles. The van der Waals surface area contributed by atoms with Crippen LogP contribution in [0.2, 0.25) is 0 Å². The van der Waals surface area contributed by atoms with Crippen molar-refractivity contribution < 1.29 is 4.52 Å². The molecule has 1 aliphatic heterocycles. The number of hydrogen-bond acceptors (Lipinski definition) is 5. The van der Waals surface area contributed by atoms with Gasteiger partial charge in [0.25, 0.3) is 5.95 Å². The first kappa shape index (κ1) is 7.91. The summed E-state index contributed by atoms with van der Waals surface area (Å²) in [7, 11) is 0. The van der Waals surface area contributed by atoms with Gasteiger partial charge in [-0.3, -0.25) is 0 Å². The van der Waals surface area contributed by atoms with Crippen LogP contribution in [0.15, 0.2) is 4.52 Å². The summed E-state index contributed by atoms with van der Waals surface area (Å²) < 4.78 is 5.01. The van der Waals surface area contributed by atoms with E-state index < -0.39 is 0 Å². The number of rotatable bonds is 1. The Hall–Kier alpha value is -0.710. The maximum Gasteiger partial charge on any atom is 0.260 e. The van der Waals surface area contributed by atoms with Crippen molar-refractivity contribution in [3.63, 3.8) is 0 Å². The first-order valence-corrected chi connectivity index (χ1v) is 5.18. The van der Waals surface area contributed by atoms with Crippen molar-refractivity contribution >= 4 is 17.7 Å². The summed E-state index contributed by atoms with van der Waals surface area (Å²) in [6, 6.07) is 0. The summed E-state index contributed by atoms with van der Waals surface area (Å²) in [6.07, 6.45) is 2.26. The van der Waals surface area contributed by atoms with Crippen LogP contribution in [0.4, 0.5) is 5.95 Å². The second kappa shape index (κ2) is 3.35. The molecular weight excluding hydrogens is 174 g/mol. The van der Waals surface area contributed by atoms with Gasteiger partial charge in [-0.2, -0.15) is 16.7 Å². The van der Waals surface area contributed by atoms with Crippen LogP contribution in [-0.4, -0.2) is 21.6 Å². The van der Waals surface area contributed by atoms with Crippen molar-refractivity contribution in [3.8, 4) is 0 Å². The third-order valence-electron chi connectivity index (χ3n) is 2.03. The lowest BCUT2D eigenvalue weighted by Crippen LogP contribution is -2.08. The van der Waals surface area contributed by atoms with E-state index in [0.29, 0.717) is 11.8 Å². The van der Waals surface area contributed by atoms with E-state index in [9.17, 15) is 0 Å². The Morgan fingerprint density at radius 1 is 1.42 bits per heavy atom. The third kappa shape index (κ3) is 1.55. The topological polar surface area (TPSA) is 64.9 Å². The quantitative estimate of drug-likeness (QED) is 0.713. The maximum absolute atomic E-state index is 5.36. The second-order valence-electron chi connectivity index (χ2n) is 2.88. The van der Waals surface area contributed by atoms with Gasteiger partial charge in [0.2, 0.25) is 5.89 Å². The summed E-state index contributed by atoms with van der Waals surface area (Å²) >= 11 is 1.98. The number of anilines is 1. The smallest absolute Gasteiger partial charge is 0.260 e. The number of hydrogen-bond donors (Lipinski definition) is 1. The molecule has 4 nitrogen and oxygen atoms in total. The molecule has 0 radical (unpaired) electrons. The molecule has 1 aliphatic rings. The lowest BCUT2D eigenvalue weighted by Gasteiger charge is -2.16. The molecule has 0 bridgehead atoms. The van der Waals surface area contributed by atoms with Crippen molar-refractivity contribution in [1.82, 2.24) is 10.1 Å². The highest BCUT2D eigenvalue weighted by Crippen LogP contribution is 2.30. The van der Waals surface area contributed by atoms with Crippen LogP contribution < -0.4 is 5.73 Å². The van der Waals surface area contributed by atoms with Gasteiger partial charge in [-0.1, -0.05) is 0 Å². The molecule has 0 spiro atoms. The van der Waals surface area contributed by atoms with E-state index in [-0.39, 0.29) is 5.95 Å². The summed E-state index contributed by atoms with van der Waals surface area (Å²) in [5.74, 6) is 3.78. The largest absolute Gasteiger partial charge is 0.365 e. The molecule has 12 heavy (non-hydrogen) atoms. The van der Waals surface area contributed by atoms with Crippen molar-refractivity contribution in [2.24, 2.45) is 0 Å². The normalized spacial score (nSPS) is 19.7. The Morgan fingerprint density at radius 2 is 2.17 bits per heavy atom. The van der Waals surface area contributed by atoms with E-state index in [4.69, 9.17) is 10.3 Å². The Labute approximate surface area is 74.9 Å². The van der Waals surface area contributed by atoms with Gasteiger partial charge in [-0.25, -0.2) is 0 Å². The van der Waals surface area contributed by atoms with E-state index in [0.717, 1.165) is 12.8 Å². The minimum atomic E-state index is 0.253. The monoisotopic (exact) mass is 185 g/mol. The number of thioether (sulfide) groups is 1. The Morgan fingerprint density at radius 3 is 2.75 bits per heavy atom. The van der Waals surface area contributed by atoms with Gasteiger partial charge >= 0.3 is 0 Å². The maximum atomic E-state index is 5.36. The van der Waals surface area contributed by atoms with Crippen LogP contribution in [-0.2, 0) is 0 Å². The average molecular weight is 185 g/mol. The first-order chi connectivity index (χ1) is 5.86. The van der Waals surface area contributed by atoms with Gasteiger partial charge in [0.05, 0.1) is 0 Å². The highest BCUT2D eigenvalue weighted by Gasteiger charge is 2.20. The molecule has 5 heteroatoms. The van der Waals surface area contributed by atoms with Crippen molar-refractivity contribution in [2.75, 3.05) is 17.2 Å². The van der Waals surface area contributed by atoms with E-state index in [1.807, 2.05) is 11.8 Å². The molecular formula is C7H11N3OS. The van der Waals surface area contributed by atoms with Crippen molar-refractivity contribution in [1.29, 1.82) is 0 Å². The number of aromatic nitrogens is 2. The third-order valence-corrected chi connectivity index (χ3v) is 3.08. The zero-order valence-electron chi connectivity index (χ0n) is 6.69. The SMILES string of the molecule is Nc1noc(C2CCSCC2)n1. The Kier molecular flexibility index (Phi) is 2.21. The first-order valence-electron chi connectivity index (χ1n) is 4.03. The van der Waals surface area contributed by atoms with E-state index in [1.54, 1.807) is 0 Å². The highest BCUT2D eigenvalue weighted by molar-refractivity contribution is 7.99. The number of nitrogen functional groups attached to an aromatic ring is 1. The summed E-state index contributed by atoms with van der Waals surface area (Å²) in [5.41, 5.74) is 5.36. The van der Waals surface area contributed by atoms with Gasteiger partial charge < -0.3 is 10.3 Å². The van der Waals surface area contributed by atoms with E-state index in [1.165, 1.54) is 11.5 Å². The van der Waals surface area contributed by atoms with Crippen LogP contribution in [0.25, 0.3) is 0 Å². The molecule has 0 atom stereocenters. The minimum Gasteiger partial charge on any atom is -0.365 e. The zero-order valence-corrected chi connectivity index (χ0v) is 7.51. The van der Waals surface area contributed by atoms with Gasteiger partial charge in [-0.15, -0.1) is 0 Å². The molecule has 1 saturated heterocycles. The van der Waals surface area contributed by atoms with Gasteiger partial charge in [0, 0.05) is 5.92 Å². The van der Waals surface area contributed by atoms with Gasteiger partial charge in [-0.05, 0) is 29.5 Å². The molecule has 0 aromatic carbocycles. The fourth-order valence-electron chi connectivity index (χ4n) is 1.36. The van der Waals surface area contributed by atoms with Crippen molar-refractivity contribution in [2.45, 2.75) is 18.8 Å². The molecule has 0 saturated carbocycles. The summed E-state index contributed by atoms with van der Waals surface area (Å²) in [6.45, 7) is 0. The summed E-state index contributed by atoms with van der Waals surface area (Å²) in [5, 5.41) is 3.58. The Balaban J connectivity index is 2.08. The van der Waals surface area contributed by atoms with Crippen molar-refractivity contribution in [3.05, 3.63) is 5.89 Å². The fraction of sp³-hybridized carbons (Fsp3) is 0.714. The predicted molar refractivity (Wildman–Crippen MR) is 48.0 cm³/mol. The van der Waals surface area contributed by atoms with Crippen LogP contribution in [0, 0.1) is 0 Å². The second-order valence-corrected chi connectivity index (χ2v) is 4.10. The molecule has 66 valence electrons. The van der Waals surface area contributed by atoms with Gasteiger partial charge in [0.15, 0.2) is 0 Å². The van der Waals surface area contributed by atoms with E-state index in [2.05, 4.69) is 10.1 Å². The average Bonchev–Trinajstić information content (AvgIpc) is 2.54. The van der Waals surface area contributed by atoms with Crippen LogP contribution in [0.5, 0.6) is 0 Å². The van der Waals surface area contributed by atoms with Crippen LogP contribution >= 0.6 is 11.8 Å². The van der Waals surface area contributed by atoms with Crippen LogP contribution in [0.1, 0.15) is 24.7 Å². The summed E-state index contributed by atoms with van der Waals surface area (Å²) in [4.78, 5) is 4.03. The lowest BCUT2D eigenvalue weighted by atomic mass is 10.0. The highest BCUT2D eigenvalue weighted by atomic mass is 32.2. The zero-order chi connectivity index (χ0) is 8.39. The molecule has 1 fully saturated rings. The van der Waals surface area contributed by atoms with Gasteiger partial charge in [0.1, 0.15) is 0 Å². The molecule has 2 rings (SSSR count). The molecule has 1 aromatic rings. The standard InChI is InChI=1S/C7H11N3OS/c8-7-9-6(11-10-7)5-1-3-12-4-2-5/h5H,1-4H2,(H2,8,10). The fourth-order valence-corrected chi connectivity index (χ4v) is 2.46. The lowest BCUT2D eigenvalue weighted by molar-refractivity contribution is 0.346. The number of nitrogens with zero attached hydrogens (tertiary/aromatic N) is 2. The molecule has 0 unspecified atom stereocenters. The Bertz CT molecular complexity index is 257. The molecule has 0 aliphatic carbocycles. The molecule has 0 amide bonds. The predicted octanol–water partition coefficient (Wildman–Crippen LogP) is 1.26. The number of nitrogens with two attached hydrogens (primary N) is 1. The van der Waals surface area contributed by atoms with Crippen LogP contribution in [0.3, 0.4) is 0 Å². The molecule has 2 N–H and O–H groups in total. The van der Waals surface area contributed by atoms with E-state index >= 15 is 0 Å².